The van der Waals surface area contributed by atoms with Crippen molar-refractivity contribution in [2.45, 2.75) is 95.9 Å². The van der Waals surface area contributed by atoms with Crippen molar-refractivity contribution < 1.29 is 29.1 Å². The highest BCUT2D eigenvalue weighted by atomic mass is 16.4. The minimum Gasteiger partial charge on any atom is -0.481 e. The highest BCUT2D eigenvalue weighted by Crippen LogP contribution is 2.10. The summed E-state index contributed by atoms with van der Waals surface area (Å²) in [5.74, 6) is -3.71. The van der Waals surface area contributed by atoms with Gasteiger partial charge in [-0.1, -0.05) is 50.1 Å². The molecular formula is C27H44N6O6. The number of benzene rings is 1. The van der Waals surface area contributed by atoms with E-state index in [-0.39, 0.29) is 13.0 Å². The number of amides is 4. The Balaban J connectivity index is 2.93. The van der Waals surface area contributed by atoms with Gasteiger partial charge in [-0.05, 0) is 51.6 Å². The van der Waals surface area contributed by atoms with Gasteiger partial charge in [0.1, 0.15) is 17.6 Å². The third-order valence-corrected chi connectivity index (χ3v) is 6.17. The van der Waals surface area contributed by atoms with Crippen molar-refractivity contribution in [1.82, 2.24) is 21.3 Å². The SMILES string of the molecule is CCCC[C@H](NC(=O)[C@H](CC(=O)O)NCc1ccccc1)C(=O)NC(C)(C)C(=O)N[C@@H](CCCCN)C(N)=O. The Morgan fingerprint density at radius 2 is 1.54 bits per heavy atom. The average Bonchev–Trinajstić information content (AvgIpc) is 2.88. The van der Waals surface area contributed by atoms with E-state index in [1.54, 1.807) is 0 Å². The Hall–Kier alpha value is -3.51. The van der Waals surface area contributed by atoms with Gasteiger partial charge in [-0.25, -0.2) is 0 Å². The van der Waals surface area contributed by atoms with Gasteiger partial charge < -0.3 is 37.8 Å². The molecule has 0 unspecified atom stereocenters. The van der Waals surface area contributed by atoms with Crippen LogP contribution in [0.5, 0.6) is 0 Å². The molecule has 0 aliphatic rings. The fourth-order valence-corrected chi connectivity index (χ4v) is 3.79. The largest absolute Gasteiger partial charge is 0.481 e. The fraction of sp³-hybridized carbons (Fsp3) is 0.593. The second kappa shape index (κ2) is 17.2. The number of carboxylic acids is 1. The molecule has 0 saturated heterocycles. The summed E-state index contributed by atoms with van der Waals surface area (Å²) in [7, 11) is 0. The number of nitrogens with one attached hydrogen (secondary N) is 4. The standard InChI is InChI=1S/C27H44N6O6/c1-4-5-13-20(31-24(37)21(16-22(34)35)30-17-18-11-7-6-8-12-18)25(38)33-27(2,3)26(39)32-19(23(29)36)14-9-10-15-28/h6-8,11-12,19-21,30H,4-5,9-10,13-17,28H2,1-3H3,(H2,29,36)(H,31,37)(H,32,39)(H,33,38)(H,34,35)/t19-,20-,21-/m0/s1. The highest BCUT2D eigenvalue weighted by Gasteiger charge is 2.35. The lowest BCUT2D eigenvalue weighted by Gasteiger charge is -2.30. The summed E-state index contributed by atoms with van der Waals surface area (Å²) in [5.41, 5.74) is 10.3. The molecule has 218 valence electrons. The molecule has 0 aliphatic heterocycles. The minimum atomic E-state index is -1.43. The molecule has 1 aromatic carbocycles. The zero-order chi connectivity index (χ0) is 29.4. The number of carboxylic acid groups (broad SMARTS) is 1. The van der Waals surface area contributed by atoms with Crippen LogP contribution in [0, 0.1) is 0 Å². The molecule has 4 amide bonds. The van der Waals surface area contributed by atoms with Gasteiger partial charge in [-0.2, -0.15) is 0 Å². The number of rotatable bonds is 19. The third-order valence-electron chi connectivity index (χ3n) is 6.17. The van der Waals surface area contributed by atoms with E-state index in [1.165, 1.54) is 13.8 Å². The summed E-state index contributed by atoms with van der Waals surface area (Å²) in [6.07, 6.45) is 2.74. The quantitative estimate of drug-likeness (QED) is 0.119. The van der Waals surface area contributed by atoms with E-state index < -0.39 is 59.7 Å². The van der Waals surface area contributed by atoms with Crippen LogP contribution >= 0.6 is 0 Å². The maximum absolute atomic E-state index is 13.2. The van der Waals surface area contributed by atoms with Crippen LogP contribution in [0.1, 0.15) is 71.3 Å². The van der Waals surface area contributed by atoms with Gasteiger partial charge in [-0.15, -0.1) is 0 Å². The summed E-state index contributed by atoms with van der Waals surface area (Å²) >= 11 is 0. The predicted molar refractivity (Wildman–Crippen MR) is 147 cm³/mol. The second-order valence-electron chi connectivity index (χ2n) is 10.0. The summed E-state index contributed by atoms with van der Waals surface area (Å²) in [4.78, 5) is 62.4. The topological polar surface area (TPSA) is 206 Å². The molecule has 0 aromatic heterocycles. The second-order valence-corrected chi connectivity index (χ2v) is 10.0. The van der Waals surface area contributed by atoms with E-state index in [0.29, 0.717) is 32.2 Å². The number of unbranched alkanes of at least 4 members (excludes halogenated alkanes) is 2. The molecule has 1 rings (SSSR count). The highest BCUT2D eigenvalue weighted by molar-refractivity contribution is 5.96. The van der Waals surface area contributed by atoms with Gasteiger partial charge in [0.2, 0.25) is 23.6 Å². The van der Waals surface area contributed by atoms with Gasteiger partial charge in [0.25, 0.3) is 0 Å². The van der Waals surface area contributed by atoms with E-state index in [2.05, 4.69) is 21.3 Å². The van der Waals surface area contributed by atoms with Gasteiger partial charge in [0, 0.05) is 6.54 Å². The summed E-state index contributed by atoms with van der Waals surface area (Å²) in [6.45, 7) is 5.59. The van der Waals surface area contributed by atoms with Crippen molar-refractivity contribution in [1.29, 1.82) is 0 Å². The van der Waals surface area contributed by atoms with E-state index in [9.17, 15) is 29.1 Å². The maximum Gasteiger partial charge on any atom is 0.305 e. The molecule has 9 N–H and O–H groups in total. The average molecular weight is 549 g/mol. The zero-order valence-corrected chi connectivity index (χ0v) is 23.1. The molecule has 0 saturated carbocycles. The summed E-state index contributed by atoms with van der Waals surface area (Å²) < 4.78 is 0. The lowest BCUT2D eigenvalue weighted by Crippen LogP contribution is -2.62. The van der Waals surface area contributed by atoms with Crippen LogP contribution in [0.3, 0.4) is 0 Å². The lowest BCUT2D eigenvalue weighted by atomic mass is 10.00. The molecule has 0 spiro atoms. The number of nitrogens with two attached hydrogens (primary N) is 2. The van der Waals surface area contributed by atoms with Crippen LogP contribution in [-0.2, 0) is 30.5 Å². The van der Waals surface area contributed by atoms with Gasteiger partial charge >= 0.3 is 5.97 Å². The van der Waals surface area contributed by atoms with Crippen molar-refractivity contribution in [2.24, 2.45) is 11.5 Å². The molecule has 0 bridgehead atoms. The van der Waals surface area contributed by atoms with Crippen LogP contribution in [0.25, 0.3) is 0 Å². The van der Waals surface area contributed by atoms with Gasteiger partial charge in [-0.3, -0.25) is 24.0 Å². The third kappa shape index (κ3) is 12.7. The molecule has 0 heterocycles. The fourth-order valence-electron chi connectivity index (χ4n) is 3.79. The Bertz CT molecular complexity index is 955. The van der Waals surface area contributed by atoms with Crippen molar-refractivity contribution in [2.75, 3.05) is 6.54 Å². The van der Waals surface area contributed by atoms with Crippen LogP contribution in [0.15, 0.2) is 30.3 Å². The molecule has 12 nitrogen and oxygen atoms in total. The molecule has 3 atom stereocenters. The number of primary amides is 1. The van der Waals surface area contributed by atoms with Crippen molar-refractivity contribution >= 4 is 29.6 Å². The Morgan fingerprint density at radius 1 is 0.897 bits per heavy atom. The number of carbonyl (C=O) groups is 5. The molecule has 39 heavy (non-hydrogen) atoms. The van der Waals surface area contributed by atoms with Crippen molar-refractivity contribution in [3.63, 3.8) is 0 Å². The molecule has 0 radical (unpaired) electrons. The first kappa shape index (κ1) is 33.5. The maximum atomic E-state index is 13.2. The number of hydrogen-bond donors (Lipinski definition) is 7. The van der Waals surface area contributed by atoms with E-state index in [0.717, 1.165) is 12.0 Å². The Kier molecular flexibility index (Phi) is 14.7. The Morgan fingerprint density at radius 3 is 2.10 bits per heavy atom. The predicted octanol–water partition coefficient (Wildman–Crippen LogP) is 0.288. The van der Waals surface area contributed by atoms with Crippen LogP contribution in [-0.4, -0.2) is 64.9 Å². The summed E-state index contributed by atoms with van der Waals surface area (Å²) in [5, 5.41) is 20.2. The number of aliphatic carboxylic acids is 1. The van der Waals surface area contributed by atoms with Crippen LogP contribution < -0.4 is 32.7 Å². The normalized spacial score (nSPS) is 13.5. The molecule has 0 aliphatic carbocycles. The monoisotopic (exact) mass is 548 g/mol. The van der Waals surface area contributed by atoms with E-state index in [4.69, 9.17) is 11.5 Å². The van der Waals surface area contributed by atoms with E-state index in [1.807, 2.05) is 37.3 Å². The molecule has 1 aromatic rings. The molecule has 12 heteroatoms. The van der Waals surface area contributed by atoms with Gasteiger partial charge in [0.15, 0.2) is 0 Å². The van der Waals surface area contributed by atoms with Crippen molar-refractivity contribution in [3.8, 4) is 0 Å². The molecular weight excluding hydrogens is 504 g/mol. The molecule has 0 fully saturated rings. The van der Waals surface area contributed by atoms with Gasteiger partial charge in [0.05, 0.1) is 12.5 Å². The van der Waals surface area contributed by atoms with E-state index >= 15 is 0 Å². The van der Waals surface area contributed by atoms with Crippen molar-refractivity contribution in [3.05, 3.63) is 35.9 Å². The number of carbonyl (C=O) groups excluding carboxylic acids is 4. The lowest BCUT2D eigenvalue weighted by molar-refractivity contribution is -0.140. The zero-order valence-electron chi connectivity index (χ0n) is 23.1. The first-order valence-electron chi connectivity index (χ1n) is 13.3. The summed E-state index contributed by atoms with van der Waals surface area (Å²) in [6, 6.07) is 6.19. The Labute approximate surface area is 230 Å². The number of hydrogen-bond acceptors (Lipinski definition) is 7. The minimum absolute atomic E-state index is 0.261. The van der Waals surface area contributed by atoms with Crippen LogP contribution in [0.4, 0.5) is 0 Å². The first-order valence-corrected chi connectivity index (χ1v) is 13.3. The smallest absolute Gasteiger partial charge is 0.305 e. The van der Waals surface area contributed by atoms with Crippen LogP contribution in [0.2, 0.25) is 0 Å². The first-order chi connectivity index (χ1) is 18.4.